The van der Waals surface area contributed by atoms with Crippen molar-refractivity contribution in [2.75, 3.05) is 51.3 Å². The normalized spacial score (nSPS) is 18.0. The van der Waals surface area contributed by atoms with Crippen molar-refractivity contribution in [1.82, 2.24) is 10.2 Å². The number of hydrogen-bond donors (Lipinski definition) is 1. The van der Waals surface area contributed by atoms with Crippen molar-refractivity contribution in [3.8, 4) is 0 Å². The number of anilines is 1. The van der Waals surface area contributed by atoms with Crippen molar-refractivity contribution >= 4 is 11.6 Å². The fourth-order valence-corrected chi connectivity index (χ4v) is 4.07. The Kier molecular flexibility index (Phi) is 5.59. The van der Waals surface area contributed by atoms with Crippen molar-refractivity contribution < 1.29 is 13.9 Å². The molecule has 0 bridgehead atoms. The summed E-state index contributed by atoms with van der Waals surface area (Å²) >= 11 is 0. The van der Waals surface area contributed by atoms with Crippen LogP contribution in [-0.4, -0.2) is 57.2 Å². The number of rotatable bonds is 5. The first kappa shape index (κ1) is 18.9. The number of carbonyl (C=O) groups excluding carboxylic acids is 1. The van der Waals surface area contributed by atoms with Gasteiger partial charge < -0.3 is 15.0 Å². The van der Waals surface area contributed by atoms with Crippen molar-refractivity contribution in [2.45, 2.75) is 12.5 Å². The number of halogens is 1. The second-order valence-electron chi connectivity index (χ2n) is 7.41. The van der Waals surface area contributed by atoms with E-state index in [2.05, 4.69) is 40.4 Å². The molecule has 5 nitrogen and oxygen atoms in total. The maximum absolute atomic E-state index is 13.9. The number of nitrogens with zero attached hydrogens (tertiary/aromatic N) is 2. The van der Waals surface area contributed by atoms with Crippen LogP contribution in [0.5, 0.6) is 0 Å². The molecule has 2 aromatic carbocycles. The summed E-state index contributed by atoms with van der Waals surface area (Å²) in [6, 6.07) is 12.7. The van der Waals surface area contributed by atoms with Gasteiger partial charge in [-0.3, -0.25) is 9.69 Å². The molecule has 1 N–H and O–H groups in total. The Hall–Kier alpha value is -2.44. The van der Waals surface area contributed by atoms with E-state index in [0.717, 1.165) is 26.1 Å². The van der Waals surface area contributed by atoms with Gasteiger partial charge in [-0.15, -0.1) is 0 Å². The van der Waals surface area contributed by atoms with Crippen molar-refractivity contribution in [2.24, 2.45) is 0 Å². The molecule has 0 unspecified atom stereocenters. The number of carbonyl (C=O) groups is 1. The molecular weight excluding hydrogens is 357 g/mol. The number of hydrogen-bond acceptors (Lipinski definition) is 4. The van der Waals surface area contributed by atoms with E-state index < -0.39 is 5.82 Å². The van der Waals surface area contributed by atoms with E-state index >= 15 is 0 Å². The van der Waals surface area contributed by atoms with Crippen molar-refractivity contribution in [1.29, 1.82) is 0 Å². The van der Waals surface area contributed by atoms with Crippen LogP contribution in [0, 0.1) is 5.82 Å². The fraction of sp³-hybridized carbons (Fsp3) is 0.409. The highest BCUT2D eigenvalue weighted by Crippen LogP contribution is 2.31. The van der Waals surface area contributed by atoms with Gasteiger partial charge in [0.1, 0.15) is 5.82 Å². The summed E-state index contributed by atoms with van der Waals surface area (Å²) in [7, 11) is 2.11. The third-order valence-electron chi connectivity index (χ3n) is 5.68. The minimum atomic E-state index is -0.497. The molecule has 4 rings (SSSR count). The third kappa shape index (κ3) is 3.88. The Balaban J connectivity index is 1.54. The standard InChI is InChI=1S/C22H26FN3O2/c1-25-9-8-17-14-16(6-7-20(17)25)21(26-10-12-28-13-11-26)15-24-22(27)18-4-2-3-5-19(18)23/h2-7,14,21H,8-13,15H2,1H3,(H,24,27)/t21-/m0/s1. The average Bonchev–Trinajstić information content (AvgIpc) is 3.09. The maximum atomic E-state index is 13.9. The lowest BCUT2D eigenvalue weighted by Crippen LogP contribution is -2.44. The van der Waals surface area contributed by atoms with Crippen LogP contribution in [0.4, 0.5) is 10.1 Å². The van der Waals surface area contributed by atoms with E-state index in [9.17, 15) is 9.18 Å². The van der Waals surface area contributed by atoms with E-state index in [1.165, 1.54) is 28.9 Å². The van der Waals surface area contributed by atoms with Gasteiger partial charge in [-0.05, 0) is 35.7 Å². The van der Waals surface area contributed by atoms with Crippen LogP contribution in [0.15, 0.2) is 42.5 Å². The fourth-order valence-electron chi connectivity index (χ4n) is 4.07. The van der Waals surface area contributed by atoms with Gasteiger partial charge in [-0.1, -0.05) is 24.3 Å². The van der Waals surface area contributed by atoms with Crippen LogP contribution in [-0.2, 0) is 11.2 Å². The molecule has 1 fully saturated rings. The monoisotopic (exact) mass is 383 g/mol. The number of morpholine rings is 1. The molecule has 1 saturated heterocycles. The SMILES string of the molecule is CN1CCc2cc([C@H](CNC(=O)c3ccccc3F)N3CCOCC3)ccc21. The molecule has 2 heterocycles. The van der Waals surface area contributed by atoms with E-state index in [1.807, 2.05) is 0 Å². The highest BCUT2D eigenvalue weighted by Gasteiger charge is 2.26. The predicted molar refractivity (Wildman–Crippen MR) is 107 cm³/mol. The molecule has 1 atom stereocenters. The van der Waals surface area contributed by atoms with E-state index in [1.54, 1.807) is 12.1 Å². The second kappa shape index (κ2) is 8.29. The number of amides is 1. The quantitative estimate of drug-likeness (QED) is 0.862. The Morgan fingerprint density at radius 2 is 1.96 bits per heavy atom. The van der Waals surface area contributed by atoms with Gasteiger partial charge in [0.25, 0.3) is 5.91 Å². The molecule has 0 aliphatic carbocycles. The molecule has 2 aliphatic rings. The highest BCUT2D eigenvalue weighted by atomic mass is 19.1. The van der Waals surface area contributed by atoms with Gasteiger partial charge in [-0.2, -0.15) is 0 Å². The number of fused-ring (bicyclic) bond motifs is 1. The summed E-state index contributed by atoms with van der Waals surface area (Å²) in [5.41, 5.74) is 3.89. The molecule has 28 heavy (non-hydrogen) atoms. The van der Waals surface area contributed by atoms with E-state index in [0.29, 0.717) is 19.8 Å². The van der Waals surface area contributed by atoms with Crippen LogP contribution >= 0.6 is 0 Å². The molecule has 1 amide bonds. The summed E-state index contributed by atoms with van der Waals surface area (Å²) in [5.74, 6) is -0.874. The Morgan fingerprint density at radius 3 is 2.75 bits per heavy atom. The topological polar surface area (TPSA) is 44.8 Å². The average molecular weight is 383 g/mol. The summed E-state index contributed by atoms with van der Waals surface area (Å²) in [6.45, 7) is 4.47. The molecule has 0 spiro atoms. The molecule has 0 aromatic heterocycles. The van der Waals surface area contributed by atoms with Crippen molar-refractivity contribution in [3.63, 3.8) is 0 Å². The van der Waals surface area contributed by atoms with E-state index in [4.69, 9.17) is 4.74 Å². The number of ether oxygens (including phenoxy) is 1. The molecule has 2 aromatic rings. The zero-order valence-electron chi connectivity index (χ0n) is 16.2. The highest BCUT2D eigenvalue weighted by molar-refractivity contribution is 5.94. The smallest absolute Gasteiger partial charge is 0.254 e. The molecule has 148 valence electrons. The Labute approximate surface area is 165 Å². The summed E-state index contributed by atoms with van der Waals surface area (Å²) in [4.78, 5) is 17.1. The lowest BCUT2D eigenvalue weighted by atomic mass is 10.00. The molecule has 0 radical (unpaired) electrons. The molecule has 6 heteroatoms. The molecule has 2 aliphatic heterocycles. The van der Waals surface area contributed by atoms with Gasteiger partial charge >= 0.3 is 0 Å². The van der Waals surface area contributed by atoms with Gasteiger partial charge in [0, 0.05) is 38.9 Å². The van der Waals surface area contributed by atoms with E-state index in [-0.39, 0.29) is 17.5 Å². The van der Waals surface area contributed by atoms with Crippen LogP contribution in [0.3, 0.4) is 0 Å². The summed E-state index contributed by atoms with van der Waals surface area (Å²) in [5, 5.41) is 2.94. The summed E-state index contributed by atoms with van der Waals surface area (Å²) < 4.78 is 19.4. The number of likely N-dealkylation sites (N-methyl/N-ethyl adjacent to an activating group) is 1. The lowest BCUT2D eigenvalue weighted by Gasteiger charge is -2.35. The first-order valence-corrected chi connectivity index (χ1v) is 9.82. The van der Waals surface area contributed by atoms with Gasteiger partial charge in [0.2, 0.25) is 0 Å². The first-order chi connectivity index (χ1) is 13.6. The van der Waals surface area contributed by atoms with Crippen LogP contribution in [0.2, 0.25) is 0 Å². The lowest BCUT2D eigenvalue weighted by molar-refractivity contribution is 0.0162. The minimum Gasteiger partial charge on any atom is -0.379 e. The van der Waals surface area contributed by atoms with Crippen LogP contribution < -0.4 is 10.2 Å². The summed E-state index contributed by atoms with van der Waals surface area (Å²) in [6.07, 6.45) is 1.04. The van der Waals surface area contributed by atoms with Crippen LogP contribution in [0.25, 0.3) is 0 Å². The third-order valence-corrected chi connectivity index (χ3v) is 5.68. The Bertz CT molecular complexity index is 851. The largest absolute Gasteiger partial charge is 0.379 e. The Morgan fingerprint density at radius 1 is 1.18 bits per heavy atom. The first-order valence-electron chi connectivity index (χ1n) is 9.82. The maximum Gasteiger partial charge on any atom is 0.254 e. The number of nitrogens with one attached hydrogen (secondary N) is 1. The van der Waals surface area contributed by atoms with Gasteiger partial charge in [0.15, 0.2) is 0 Å². The zero-order valence-corrected chi connectivity index (χ0v) is 16.2. The minimum absolute atomic E-state index is 0.0378. The zero-order chi connectivity index (χ0) is 19.5. The number of benzene rings is 2. The van der Waals surface area contributed by atoms with Gasteiger partial charge in [0.05, 0.1) is 24.8 Å². The van der Waals surface area contributed by atoms with Gasteiger partial charge in [-0.25, -0.2) is 4.39 Å². The second-order valence-corrected chi connectivity index (χ2v) is 7.41. The van der Waals surface area contributed by atoms with Crippen molar-refractivity contribution in [3.05, 3.63) is 65.0 Å². The molecule has 0 saturated carbocycles. The van der Waals surface area contributed by atoms with Crippen LogP contribution in [0.1, 0.15) is 27.5 Å². The predicted octanol–water partition coefficient (Wildman–Crippen LogP) is 2.62. The molecular formula is C22H26FN3O2.